The van der Waals surface area contributed by atoms with Gasteiger partial charge in [0.25, 0.3) is 0 Å². The molecule has 6 nitrogen and oxygen atoms in total. The van der Waals surface area contributed by atoms with Gasteiger partial charge in [-0.2, -0.15) is 10.1 Å². The zero-order valence-corrected chi connectivity index (χ0v) is 16.5. The van der Waals surface area contributed by atoms with E-state index in [-0.39, 0.29) is 12.1 Å². The summed E-state index contributed by atoms with van der Waals surface area (Å²) in [5, 5.41) is 8.63. The average molecular weight is 414 g/mol. The lowest BCUT2D eigenvalue weighted by Crippen LogP contribution is -2.32. The predicted octanol–water partition coefficient (Wildman–Crippen LogP) is 4.89. The number of aromatic nitrogens is 4. The van der Waals surface area contributed by atoms with Crippen molar-refractivity contribution >= 4 is 23.2 Å². The third kappa shape index (κ3) is 2.61. The van der Waals surface area contributed by atoms with E-state index in [0.29, 0.717) is 11.0 Å². The van der Waals surface area contributed by atoms with Crippen LogP contribution < -0.4 is 10.1 Å². The first-order valence-corrected chi connectivity index (χ1v) is 9.99. The average Bonchev–Trinajstić information content (AvgIpc) is 3.27. The molecule has 30 heavy (non-hydrogen) atoms. The Hall–Kier alpha value is -3.64. The van der Waals surface area contributed by atoms with Crippen LogP contribution in [0.25, 0.3) is 5.70 Å². The van der Waals surface area contributed by atoms with Gasteiger partial charge in [-0.05, 0) is 35.4 Å². The summed E-state index contributed by atoms with van der Waals surface area (Å²) in [6, 6.07) is 19.6. The first kappa shape index (κ1) is 17.2. The van der Waals surface area contributed by atoms with Gasteiger partial charge in [-0.25, -0.2) is 4.68 Å². The highest BCUT2D eigenvalue weighted by atomic mass is 35.5. The van der Waals surface area contributed by atoms with Crippen molar-refractivity contribution in [3.8, 4) is 5.75 Å². The number of hydrogen-bond donors (Lipinski definition) is 1. The Bertz CT molecular complexity index is 1270. The highest BCUT2D eigenvalue weighted by Gasteiger charge is 2.41. The second-order valence-electron chi connectivity index (χ2n) is 7.22. The smallest absolute Gasteiger partial charge is 0.226 e. The second-order valence-corrected chi connectivity index (χ2v) is 7.66. The lowest BCUT2D eigenvalue weighted by atomic mass is 9.85. The number of halogens is 1. The van der Waals surface area contributed by atoms with Crippen molar-refractivity contribution in [1.82, 2.24) is 19.7 Å². The molecule has 2 aromatic heterocycles. The molecule has 1 N–H and O–H groups in total. The fraction of sp³-hybridized carbons (Fsp3) is 0.0870. The van der Waals surface area contributed by atoms with Gasteiger partial charge >= 0.3 is 0 Å². The number of hydrogen-bond acceptors (Lipinski definition) is 5. The van der Waals surface area contributed by atoms with E-state index in [0.717, 1.165) is 33.7 Å². The van der Waals surface area contributed by atoms with Crippen LogP contribution in [0.15, 0.2) is 85.0 Å². The van der Waals surface area contributed by atoms with Crippen LogP contribution in [-0.4, -0.2) is 19.7 Å². The van der Waals surface area contributed by atoms with E-state index in [1.54, 1.807) is 12.5 Å². The van der Waals surface area contributed by atoms with Crippen LogP contribution in [0.4, 0.5) is 5.95 Å². The molecular formula is C23H16ClN5O. The van der Waals surface area contributed by atoms with Crippen molar-refractivity contribution in [2.45, 2.75) is 12.1 Å². The van der Waals surface area contributed by atoms with Crippen molar-refractivity contribution in [3.05, 3.63) is 107 Å². The molecule has 0 amide bonds. The van der Waals surface area contributed by atoms with Crippen LogP contribution >= 0.6 is 11.6 Å². The predicted molar refractivity (Wildman–Crippen MR) is 114 cm³/mol. The summed E-state index contributed by atoms with van der Waals surface area (Å²) < 4.78 is 8.43. The number of fused-ring (bicyclic) bond motifs is 3. The van der Waals surface area contributed by atoms with E-state index in [9.17, 15) is 0 Å². The van der Waals surface area contributed by atoms with Gasteiger partial charge in [-0.15, -0.1) is 0 Å². The maximum absolute atomic E-state index is 6.55. The van der Waals surface area contributed by atoms with Gasteiger partial charge < -0.3 is 10.1 Å². The van der Waals surface area contributed by atoms with Crippen molar-refractivity contribution in [2.24, 2.45) is 0 Å². The third-order valence-corrected chi connectivity index (χ3v) is 5.71. The van der Waals surface area contributed by atoms with E-state index in [1.165, 1.54) is 0 Å². The lowest BCUT2D eigenvalue weighted by Gasteiger charge is -2.38. The standard InChI is InChI=1S/C23H16ClN5O/c24-16-8-9-18-17(11-16)20-19(22(30-18)14-5-2-1-3-6-14)21(15-7-4-10-25-12-15)29-23(28-20)26-13-27-29/h1-13,21-22H,(H,26,27,28)/t21-,22+/m1/s1. The molecule has 146 valence electrons. The minimum atomic E-state index is -0.301. The number of nitrogens with one attached hydrogen (secondary N) is 1. The van der Waals surface area contributed by atoms with E-state index < -0.39 is 0 Å². The molecule has 0 saturated carbocycles. The molecule has 6 rings (SSSR count). The lowest BCUT2D eigenvalue weighted by molar-refractivity contribution is 0.223. The SMILES string of the molecule is Clc1ccc2c(c1)C1=C([C@H](c3ccccc3)O2)[C@@H](c2cccnc2)n2ncnc2N1. The molecular weight excluding hydrogens is 398 g/mol. The van der Waals surface area contributed by atoms with Crippen molar-refractivity contribution in [1.29, 1.82) is 0 Å². The van der Waals surface area contributed by atoms with Crippen LogP contribution in [0.3, 0.4) is 0 Å². The number of benzene rings is 2. The molecule has 0 bridgehead atoms. The first-order chi connectivity index (χ1) is 14.8. The van der Waals surface area contributed by atoms with E-state index in [1.807, 2.05) is 53.3 Å². The fourth-order valence-electron chi connectivity index (χ4n) is 4.20. The minimum Gasteiger partial charge on any atom is -0.480 e. The third-order valence-electron chi connectivity index (χ3n) is 5.48. The Morgan fingerprint density at radius 3 is 2.70 bits per heavy atom. The van der Waals surface area contributed by atoms with Gasteiger partial charge in [0.1, 0.15) is 24.2 Å². The second kappa shape index (κ2) is 6.71. The zero-order valence-electron chi connectivity index (χ0n) is 15.7. The van der Waals surface area contributed by atoms with Gasteiger partial charge in [0, 0.05) is 28.6 Å². The molecule has 0 fully saturated rings. The molecule has 7 heteroatoms. The highest BCUT2D eigenvalue weighted by Crippen LogP contribution is 2.50. The van der Waals surface area contributed by atoms with Crippen LogP contribution in [0.1, 0.15) is 28.8 Å². The van der Waals surface area contributed by atoms with Crippen molar-refractivity contribution < 1.29 is 4.74 Å². The summed E-state index contributed by atoms with van der Waals surface area (Å²) in [6.45, 7) is 0. The molecule has 4 heterocycles. The van der Waals surface area contributed by atoms with Gasteiger partial charge in [-0.1, -0.05) is 48.0 Å². The number of nitrogens with zero attached hydrogens (tertiary/aromatic N) is 4. The Labute approximate surface area is 177 Å². The number of rotatable bonds is 2. The minimum absolute atomic E-state index is 0.218. The Balaban J connectivity index is 1.65. The van der Waals surface area contributed by atoms with Crippen molar-refractivity contribution in [2.75, 3.05) is 5.32 Å². The van der Waals surface area contributed by atoms with Crippen LogP contribution in [0, 0.1) is 0 Å². The molecule has 0 radical (unpaired) electrons. The molecule has 0 spiro atoms. The molecule has 2 atom stereocenters. The summed E-state index contributed by atoms with van der Waals surface area (Å²) >= 11 is 6.34. The Morgan fingerprint density at radius 1 is 1.00 bits per heavy atom. The van der Waals surface area contributed by atoms with Crippen molar-refractivity contribution in [3.63, 3.8) is 0 Å². The van der Waals surface area contributed by atoms with Crippen LogP contribution in [-0.2, 0) is 0 Å². The quantitative estimate of drug-likeness (QED) is 0.507. The normalized spacial score (nSPS) is 19.2. The Morgan fingerprint density at radius 2 is 1.87 bits per heavy atom. The summed E-state index contributed by atoms with van der Waals surface area (Å²) in [7, 11) is 0. The molecule has 0 aliphatic carbocycles. The van der Waals surface area contributed by atoms with E-state index in [4.69, 9.17) is 16.3 Å². The Kier molecular flexibility index (Phi) is 3.86. The summed E-state index contributed by atoms with van der Waals surface area (Å²) in [6.07, 6.45) is 4.89. The topological polar surface area (TPSA) is 64.9 Å². The molecule has 4 aromatic rings. The largest absolute Gasteiger partial charge is 0.480 e. The molecule has 2 aliphatic rings. The number of pyridine rings is 1. The molecule has 0 saturated heterocycles. The van der Waals surface area contributed by atoms with E-state index >= 15 is 0 Å². The summed E-state index contributed by atoms with van der Waals surface area (Å²) in [5.41, 5.74) is 4.97. The summed E-state index contributed by atoms with van der Waals surface area (Å²) in [5.74, 6) is 1.44. The first-order valence-electron chi connectivity index (χ1n) is 9.61. The van der Waals surface area contributed by atoms with Gasteiger partial charge in [-0.3, -0.25) is 4.98 Å². The molecule has 0 unspecified atom stereocenters. The van der Waals surface area contributed by atoms with Gasteiger partial charge in [0.2, 0.25) is 5.95 Å². The molecule has 2 aromatic carbocycles. The zero-order chi connectivity index (χ0) is 20.1. The number of ether oxygens (including phenoxy) is 1. The monoisotopic (exact) mass is 413 g/mol. The fourth-order valence-corrected chi connectivity index (χ4v) is 4.38. The molecule has 2 aliphatic heterocycles. The maximum Gasteiger partial charge on any atom is 0.226 e. The highest BCUT2D eigenvalue weighted by molar-refractivity contribution is 6.30. The summed E-state index contributed by atoms with van der Waals surface area (Å²) in [4.78, 5) is 8.77. The van der Waals surface area contributed by atoms with Crippen LogP contribution in [0.5, 0.6) is 5.75 Å². The maximum atomic E-state index is 6.55. The number of anilines is 1. The van der Waals surface area contributed by atoms with E-state index in [2.05, 4.69) is 38.6 Å². The van der Waals surface area contributed by atoms with Crippen LogP contribution in [0.2, 0.25) is 5.02 Å². The van der Waals surface area contributed by atoms with Gasteiger partial charge in [0.15, 0.2) is 0 Å². The van der Waals surface area contributed by atoms with Gasteiger partial charge in [0.05, 0.1) is 5.70 Å².